The first kappa shape index (κ1) is 16.4. The van der Waals surface area contributed by atoms with Crippen molar-refractivity contribution in [3.05, 3.63) is 0 Å². The lowest BCUT2D eigenvalue weighted by molar-refractivity contribution is -0.142. The highest BCUT2D eigenvalue weighted by Gasteiger charge is 2.41. The van der Waals surface area contributed by atoms with Gasteiger partial charge in [-0.2, -0.15) is 0 Å². The normalized spacial score (nSPS) is 24.3. The largest absolute Gasteiger partial charge is 0.309 e. The monoisotopic (exact) mass is 295 g/mol. The molecule has 2 rings (SSSR count). The van der Waals surface area contributed by atoms with Crippen molar-refractivity contribution in [3.8, 4) is 0 Å². The molecule has 0 aromatic carbocycles. The summed E-state index contributed by atoms with van der Waals surface area (Å²) in [5, 5.41) is 3.27. The van der Waals surface area contributed by atoms with Gasteiger partial charge in [-0.05, 0) is 52.9 Å². The number of nitrogens with one attached hydrogen (secondary N) is 1. The van der Waals surface area contributed by atoms with Gasteiger partial charge in [-0.15, -0.1) is 0 Å². The summed E-state index contributed by atoms with van der Waals surface area (Å²) in [7, 11) is 4.13. The second kappa shape index (κ2) is 7.90. The standard InChI is InChI=1S/C16H29N3O2/c1-18(2)11-7-6-10-17-14-12-15(20)19(16(14)21)13-8-4-3-5-9-13/h13-14,17H,3-12H2,1-2H3. The SMILES string of the molecule is CN(C)CCCCNC1CC(=O)N(C2CCCCC2)C1=O. The Balaban J connectivity index is 1.75. The second-order valence-corrected chi connectivity index (χ2v) is 6.62. The van der Waals surface area contributed by atoms with E-state index in [1.54, 1.807) is 4.90 Å². The number of hydrogen-bond acceptors (Lipinski definition) is 4. The van der Waals surface area contributed by atoms with Gasteiger partial charge >= 0.3 is 0 Å². The molecule has 0 bridgehead atoms. The summed E-state index contributed by atoms with van der Waals surface area (Å²) < 4.78 is 0. The molecule has 0 aromatic heterocycles. The van der Waals surface area contributed by atoms with E-state index in [1.807, 2.05) is 0 Å². The van der Waals surface area contributed by atoms with E-state index in [1.165, 1.54) is 6.42 Å². The lowest BCUT2D eigenvalue weighted by atomic mass is 9.94. The highest BCUT2D eigenvalue weighted by Crippen LogP contribution is 2.27. The van der Waals surface area contributed by atoms with Gasteiger partial charge in [0, 0.05) is 6.04 Å². The highest BCUT2D eigenvalue weighted by atomic mass is 16.2. The van der Waals surface area contributed by atoms with Crippen LogP contribution in [-0.4, -0.2) is 60.9 Å². The molecule has 2 amide bonds. The summed E-state index contributed by atoms with van der Waals surface area (Å²) in [5.74, 6) is 0.0391. The molecule has 1 unspecified atom stereocenters. The van der Waals surface area contributed by atoms with Crippen LogP contribution in [0.3, 0.4) is 0 Å². The van der Waals surface area contributed by atoms with Gasteiger partial charge in [0.15, 0.2) is 0 Å². The molecule has 21 heavy (non-hydrogen) atoms. The van der Waals surface area contributed by atoms with Crippen LogP contribution in [0.15, 0.2) is 0 Å². The highest BCUT2D eigenvalue weighted by molar-refractivity contribution is 6.05. The molecule has 5 heteroatoms. The molecule has 1 aliphatic carbocycles. The average molecular weight is 295 g/mol. The van der Waals surface area contributed by atoms with Crippen molar-refractivity contribution in [2.24, 2.45) is 0 Å². The van der Waals surface area contributed by atoms with Crippen molar-refractivity contribution < 1.29 is 9.59 Å². The number of carbonyl (C=O) groups is 2. The van der Waals surface area contributed by atoms with Crippen LogP contribution in [0.25, 0.3) is 0 Å². The van der Waals surface area contributed by atoms with Gasteiger partial charge in [0.05, 0.1) is 12.5 Å². The molecule has 1 saturated heterocycles. The maximum Gasteiger partial charge on any atom is 0.247 e. The van der Waals surface area contributed by atoms with E-state index in [0.29, 0.717) is 6.42 Å². The zero-order valence-electron chi connectivity index (χ0n) is 13.4. The van der Waals surface area contributed by atoms with E-state index in [0.717, 1.165) is 51.6 Å². The van der Waals surface area contributed by atoms with Crippen molar-refractivity contribution in [3.63, 3.8) is 0 Å². The van der Waals surface area contributed by atoms with Gasteiger partial charge in [-0.25, -0.2) is 0 Å². The molecule has 1 N–H and O–H groups in total. The lowest BCUT2D eigenvalue weighted by Gasteiger charge is -2.29. The van der Waals surface area contributed by atoms with E-state index in [2.05, 4.69) is 24.3 Å². The molecule has 1 heterocycles. The predicted molar refractivity (Wildman–Crippen MR) is 82.9 cm³/mol. The number of likely N-dealkylation sites (tertiary alicyclic amines) is 1. The maximum atomic E-state index is 12.4. The fourth-order valence-electron chi connectivity index (χ4n) is 3.36. The Labute approximate surface area is 128 Å². The van der Waals surface area contributed by atoms with E-state index >= 15 is 0 Å². The Morgan fingerprint density at radius 2 is 1.86 bits per heavy atom. The van der Waals surface area contributed by atoms with Crippen molar-refractivity contribution >= 4 is 11.8 Å². The van der Waals surface area contributed by atoms with E-state index in [4.69, 9.17) is 0 Å². The van der Waals surface area contributed by atoms with Crippen LogP contribution in [0.5, 0.6) is 0 Å². The Morgan fingerprint density at radius 1 is 1.14 bits per heavy atom. The van der Waals surface area contributed by atoms with E-state index in [-0.39, 0.29) is 23.9 Å². The third-order valence-electron chi connectivity index (χ3n) is 4.55. The number of rotatable bonds is 7. The number of imide groups is 1. The first-order chi connectivity index (χ1) is 10.1. The topological polar surface area (TPSA) is 52.7 Å². The fraction of sp³-hybridized carbons (Fsp3) is 0.875. The van der Waals surface area contributed by atoms with Crippen LogP contribution in [-0.2, 0) is 9.59 Å². The van der Waals surface area contributed by atoms with Crippen LogP contribution < -0.4 is 5.32 Å². The second-order valence-electron chi connectivity index (χ2n) is 6.62. The van der Waals surface area contributed by atoms with Crippen LogP contribution >= 0.6 is 0 Å². The first-order valence-electron chi connectivity index (χ1n) is 8.33. The van der Waals surface area contributed by atoms with E-state index in [9.17, 15) is 9.59 Å². The Morgan fingerprint density at radius 3 is 2.52 bits per heavy atom. The minimum absolute atomic E-state index is 0.0134. The first-order valence-corrected chi connectivity index (χ1v) is 8.33. The Kier molecular flexibility index (Phi) is 6.18. The third kappa shape index (κ3) is 4.51. The molecule has 5 nitrogen and oxygen atoms in total. The average Bonchev–Trinajstić information content (AvgIpc) is 2.74. The summed E-state index contributed by atoms with van der Waals surface area (Å²) in [4.78, 5) is 28.3. The summed E-state index contributed by atoms with van der Waals surface area (Å²) in [6.45, 7) is 1.88. The molecule has 0 spiro atoms. The van der Waals surface area contributed by atoms with Gasteiger partial charge in [0.25, 0.3) is 0 Å². The van der Waals surface area contributed by atoms with Gasteiger partial charge in [0.1, 0.15) is 0 Å². The molecule has 2 aliphatic rings. The van der Waals surface area contributed by atoms with E-state index < -0.39 is 0 Å². The summed E-state index contributed by atoms with van der Waals surface area (Å²) in [5.41, 5.74) is 0. The molecule has 1 saturated carbocycles. The minimum Gasteiger partial charge on any atom is -0.309 e. The number of nitrogens with zero attached hydrogens (tertiary/aromatic N) is 2. The van der Waals surface area contributed by atoms with Crippen LogP contribution in [0.4, 0.5) is 0 Å². The zero-order chi connectivity index (χ0) is 15.2. The molecule has 0 aromatic rings. The van der Waals surface area contributed by atoms with Crippen LogP contribution in [0, 0.1) is 0 Å². The predicted octanol–water partition coefficient (Wildman–Crippen LogP) is 1.38. The van der Waals surface area contributed by atoms with Crippen molar-refractivity contribution in [2.75, 3.05) is 27.2 Å². The zero-order valence-corrected chi connectivity index (χ0v) is 13.4. The number of amides is 2. The smallest absolute Gasteiger partial charge is 0.247 e. The number of carbonyl (C=O) groups excluding carboxylic acids is 2. The Bertz CT molecular complexity index is 365. The van der Waals surface area contributed by atoms with Gasteiger partial charge in [0.2, 0.25) is 11.8 Å². The Hall–Kier alpha value is -0.940. The summed E-state index contributed by atoms with van der Waals surface area (Å²) >= 11 is 0. The number of hydrogen-bond donors (Lipinski definition) is 1. The molecule has 120 valence electrons. The van der Waals surface area contributed by atoms with Gasteiger partial charge < -0.3 is 10.2 Å². The number of unbranched alkanes of at least 4 members (excludes halogenated alkanes) is 1. The molecule has 1 aliphatic heterocycles. The molecular weight excluding hydrogens is 266 g/mol. The third-order valence-corrected chi connectivity index (χ3v) is 4.55. The lowest BCUT2D eigenvalue weighted by Crippen LogP contribution is -2.44. The van der Waals surface area contributed by atoms with Gasteiger partial charge in [-0.3, -0.25) is 14.5 Å². The van der Waals surface area contributed by atoms with Crippen molar-refractivity contribution in [2.45, 2.75) is 63.5 Å². The van der Waals surface area contributed by atoms with Crippen LogP contribution in [0.2, 0.25) is 0 Å². The quantitative estimate of drug-likeness (QED) is 0.569. The minimum atomic E-state index is -0.279. The van der Waals surface area contributed by atoms with Crippen LogP contribution in [0.1, 0.15) is 51.4 Å². The molecule has 2 fully saturated rings. The fourth-order valence-corrected chi connectivity index (χ4v) is 3.36. The summed E-state index contributed by atoms with van der Waals surface area (Å²) in [6, 6.07) is -0.113. The van der Waals surface area contributed by atoms with Crippen molar-refractivity contribution in [1.29, 1.82) is 0 Å². The van der Waals surface area contributed by atoms with Gasteiger partial charge in [-0.1, -0.05) is 19.3 Å². The maximum absolute atomic E-state index is 12.4. The van der Waals surface area contributed by atoms with Crippen molar-refractivity contribution in [1.82, 2.24) is 15.1 Å². The molecule has 0 radical (unpaired) electrons. The molecular formula is C16H29N3O2. The summed E-state index contributed by atoms with van der Waals surface area (Å²) in [6.07, 6.45) is 8.01. The molecule has 1 atom stereocenters.